The second-order valence-electron chi connectivity index (χ2n) is 6.28. The van der Waals surface area contributed by atoms with Crippen LogP contribution in [-0.2, 0) is 10.2 Å². The molecule has 0 atom stereocenters. The minimum atomic E-state index is 0.00726. The molecule has 0 saturated heterocycles. The van der Waals surface area contributed by atoms with Gasteiger partial charge in [0.2, 0.25) is 5.91 Å². The molecule has 6 heteroatoms. The summed E-state index contributed by atoms with van der Waals surface area (Å²) in [7, 11) is 1.78. The van der Waals surface area contributed by atoms with Crippen LogP contribution in [0.3, 0.4) is 0 Å². The van der Waals surface area contributed by atoms with Gasteiger partial charge in [-0.1, -0.05) is 34.6 Å². The summed E-state index contributed by atoms with van der Waals surface area (Å²) in [6.07, 6.45) is 5.24. The molecule has 0 bridgehead atoms. The first-order valence-corrected chi connectivity index (χ1v) is 8.53. The molecule has 1 amide bonds. The van der Waals surface area contributed by atoms with E-state index in [-0.39, 0.29) is 23.3 Å². The van der Waals surface area contributed by atoms with Gasteiger partial charge >= 0.3 is 0 Å². The third kappa shape index (κ3) is 4.20. The average Bonchev–Trinajstić information content (AvgIpc) is 2.93. The third-order valence-electron chi connectivity index (χ3n) is 3.61. The number of amides is 1. The number of aromatic nitrogens is 1. The van der Waals surface area contributed by atoms with Crippen molar-refractivity contribution in [3.05, 3.63) is 11.1 Å². The Kier molecular flexibility index (Phi) is 6.36. The Morgan fingerprint density at radius 2 is 2.05 bits per heavy atom. The zero-order valence-corrected chi connectivity index (χ0v) is 15.1. The first-order valence-electron chi connectivity index (χ1n) is 7.71. The topological polar surface area (TPSA) is 69.0 Å². The van der Waals surface area contributed by atoms with Crippen molar-refractivity contribution in [3.63, 3.8) is 0 Å². The summed E-state index contributed by atoms with van der Waals surface area (Å²) in [4.78, 5) is 19.5. The van der Waals surface area contributed by atoms with Gasteiger partial charge in [-0.25, -0.2) is 4.98 Å². The van der Waals surface area contributed by atoms with Gasteiger partial charge in [-0.3, -0.25) is 9.69 Å². The van der Waals surface area contributed by atoms with Crippen LogP contribution in [0.4, 0.5) is 5.13 Å². The summed E-state index contributed by atoms with van der Waals surface area (Å²) < 4.78 is 0. The predicted molar refractivity (Wildman–Crippen MR) is 90.8 cm³/mol. The highest BCUT2D eigenvalue weighted by atomic mass is 32.1. The second-order valence-corrected chi connectivity index (χ2v) is 7.28. The van der Waals surface area contributed by atoms with Gasteiger partial charge in [-0.2, -0.15) is 5.26 Å². The highest BCUT2D eigenvalue weighted by molar-refractivity contribution is 7.15. The lowest BCUT2D eigenvalue weighted by Gasteiger charge is -2.34. The predicted octanol–water partition coefficient (Wildman–Crippen LogP) is 3.28. The SMILES string of the molecule is CC.CN(C(=O)C1CC(NC#N)C1)c1ncc(C(C)(C)C)s1. The van der Waals surface area contributed by atoms with Crippen molar-refractivity contribution in [1.82, 2.24) is 10.3 Å². The van der Waals surface area contributed by atoms with Crippen molar-refractivity contribution in [2.75, 3.05) is 11.9 Å². The lowest BCUT2D eigenvalue weighted by Crippen LogP contribution is -2.46. The van der Waals surface area contributed by atoms with E-state index in [1.807, 2.05) is 26.2 Å². The summed E-state index contributed by atoms with van der Waals surface area (Å²) in [5, 5.41) is 12.0. The Balaban J connectivity index is 0.00000116. The fourth-order valence-electron chi connectivity index (χ4n) is 2.16. The molecular weight excluding hydrogens is 296 g/mol. The van der Waals surface area contributed by atoms with Crippen LogP contribution in [0.1, 0.15) is 52.3 Å². The van der Waals surface area contributed by atoms with Gasteiger partial charge in [0.25, 0.3) is 0 Å². The number of anilines is 1. The van der Waals surface area contributed by atoms with Gasteiger partial charge in [0.05, 0.1) is 0 Å². The van der Waals surface area contributed by atoms with Crippen LogP contribution in [0.25, 0.3) is 0 Å². The van der Waals surface area contributed by atoms with Crippen LogP contribution in [0, 0.1) is 17.4 Å². The van der Waals surface area contributed by atoms with Crippen LogP contribution in [0.2, 0.25) is 0 Å². The number of rotatable bonds is 3. The van der Waals surface area contributed by atoms with E-state index < -0.39 is 0 Å². The Morgan fingerprint density at radius 1 is 1.45 bits per heavy atom. The van der Waals surface area contributed by atoms with Crippen molar-refractivity contribution in [2.45, 2.75) is 58.9 Å². The number of carbonyl (C=O) groups excluding carboxylic acids is 1. The molecule has 122 valence electrons. The number of hydrogen-bond acceptors (Lipinski definition) is 5. The Bertz CT molecular complexity index is 535. The van der Waals surface area contributed by atoms with Crippen LogP contribution in [0.5, 0.6) is 0 Å². The van der Waals surface area contributed by atoms with Crippen molar-refractivity contribution in [1.29, 1.82) is 5.26 Å². The maximum atomic E-state index is 12.3. The van der Waals surface area contributed by atoms with Gasteiger partial charge in [0, 0.05) is 30.1 Å². The van der Waals surface area contributed by atoms with Crippen molar-refractivity contribution in [2.24, 2.45) is 5.92 Å². The molecule has 1 aromatic heterocycles. The summed E-state index contributed by atoms with van der Waals surface area (Å²) in [5.74, 6) is 0.101. The quantitative estimate of drug-likeness (QED) is 0.685. The molecule has 1 saturated carbocycles. The number of thiazole rings is 1. The molecule has 1 fully saturated rings. The largest absolute Gasteiger partial charge is 0.321 e. The van der Waals surface area contributed by atoms with E-state index in [1.165, 1.54) is 4.88 Å². The first-order chi connectivity index (χ1) is 10.3. The molecule has 5 nitrogen and oxygen atoms in total. The van der Waals surface area contributed by atoms with Crippen molar-refractivity contribution >= 4 is 22.4 Å². The van der Waals surface area contributed by atoms with Crippen molar-refractivity contribution in [3.8, 4) is 6.19 Å². The standard InChI is InChI=1S/C14H20N4OS.C2H6/c1-14(2,3)11-7-16-13(20-11)18(4)12(19)9-5-10(6-9)17-8-15;1-2/h7,9-10,17H,5-6H2,1-4H3;1-2H3. The maximum Gasteiger partial charge on any atom is 0.231 e. The van der Waals surface area contributed by atoms with E-state index in [0.29, 0.717) is 0 Å². The van der Waals surface area contributed by atoms with Crippen LogP contribution < -0.4 is 10.2 Å². The number of nitriles is 1. The number of nitrogens with one attached hydrogen (secondary N) is 1. The third-order valence-corrected chi connectivity index (χ3v) is 5.11. The summed E-state index contributed by atoms with van der Waals surface area (Å²) in [6.45, 7) is 10.4. The van der Waals surface area contributed by atoms with Gasteiger partial charge in [-0.05, 0) is 18.3 Å². The Labute approximate surface area is 137 Å². The van der Waals surface area contributed by atoms with E-state index >= 15 is 0 Å². The molecule has 2 rings (SSSR count). The fraction of sp³-hybridized carbons (Fsp3) is 0.688. The molecule has 1 aliphatic carbocycles. The van der Waals surface area contributed by atoms with E-state index in [0.717, 1.165) is 18.0 Å². The van der Waals surface area contributed by atoms with Gasteiger partial charge in [0.1, 0.15) is 0 Å². The lowest BCUT2D eigenvalue weighted by atomic mass is 9.79. The van der Waals surface area contributed by atoms with E-state index in [1.54, 1.807) is 23.3 Å². The molecular formula is C16H26N4OS. The highest BCUT2D eigenvalue weighted by Crippen LogP contribution is 2.34. The molecule has 0 radical (unpaired) electrons. The number of hydrogen-bond donors (Lipinski definition) is 1. The smallest absolute Gasteiger partial charge is 0.231 e. The fourth-order valence-corrected chi connectivity index (χ4v) is 3.10. The van der Waals surface area contributed by atoms with Gasteiger partial charge in [-0.15, -0.1) is 11.3 Å². The van der Waals surface area contributed by atoms with Crippen LogP contribution >= 0.6 is 11.3 Å². The average molecular weight is 322 g/mol. The minimum absolute atomic E-state index is 0.00726. The Hall–Kier alpha value is -1.61. The zero-order valence-electron chi connectivity index (χ0n) is 14.3. The maximum absolute atomic E-state index is 12.3. The molecule has 0 aromatic carbocycles. The highest BCUT2D eigenvalue weighted by Gasteiger charge is 2.37. The second kappa shape index (κ2) is 7.59. The number of nitrogens with zero attached hydrogens (tertiary/aromatic N) is 3. The van der Waals surface area contributed by atoms with Crippen LogP contribution in [0.15, 0.2) is 6.20 Å². The van der Waals surface area contributed by atoms with Crippen LogP contribution in [-0.4, -0.2) is 24.0 Å². The van der Waals surface area contributed by atoms with E-state index in [9.17, 15) is 4.79 Å². The zero-order chi connectivity index (χ0) is 16.9. The van der Waals surface area contributed by atoms with E-state index in [4.69, 9.17) is 5.26 Å². The first kappa shape index (κ1) is 18.4. The molecule has 0 spiro atoms. The number of carbonyl (C=O) groups is 1. The summed E-state index contributed by atoms with van der Waals surface area (Å²) in [6, 6.07) is 0.156. The Morgan fingerprint density at radius 3 is 2.50 bits per heavy atom. The molecule has 1 N–H and O–H groups in total. The normalized spacial score (nSPS) is 20.0. The molecule has 0 aliphatic heterocycles. The molecule has 1 aliphatic rings. The molecule has 0 unspecified atom stereocenters. The van der Waals surface area contributed by atoms with E-state index in [2.05, 4.69) is 31.1 Å². The molecule has 1 heterocycles. The minimum Gasteiger partial charge on any atom is -0.321 e. The monoisotopic (exact) mass is 322 g/mol. The lowest BCUT2D eigenvalue weighted by molar-refractivity contribution is -0.125. The van der Waals surface area contributed by atoms with Crippen molar-refractivity contribution < 1.29 is 4.79 Å². The summed E-state index contributed by atoms with van der Waals surface area (Å²) in [5.41, 5.74) is 0.0537. The summed E-state index contributed by atoms with van der Waals surface area (Å²) >= 11 is 1.57. The molecule has 1 aromatic rings. The molecule has 22 heavy (non-hydrogen) atoms. The van der Waals surface area contributed by atoms with Gasteiger partial charge < -0.3 is 5.32 Å². The van der Waals surface area contributed by atoms with Gasteiger partial charge in [0.15, 0.2) is 11.3 Å².